The van der Waals surface area contributed by atoms with E-state index >= 15 is 0 Å². The highest BCUT2D eigenvalue weighted by molar-refractivity contribution is 5.92. The highest BCUT2D eigenvalue weighted by Crippen LogP contribution is 2.08. The Bertz CT molecular complexity index is 610. The molecule has 0 radical (unpaired) electrons. The van der Waals surface area contributed by atoms with Crippen LogP contribution in [0.4, 0.5) is 0 Å². The molecule has 5 nitrogen and oxygen atoms in total. The molecule has 2 aromatic rings. The summed E-state index contributed by atoms with van der Waals surface area (Å²) in [7, 11) is 2.03. The van der Waals surface area contributed by atoms with Gasteiger partial charge in [-0.3, -0.25) is 9.69 Å². The fourth-order valence-corrected chi connectivity index (χ4v) is 2.20. The lowest BCUT2D eigenvalue weighted by Gasteiger charge is -2.14. The molecule has 1 amide bonds. The summed E-state index contributed by atoms with van der Waals surface area (Å²) in [6.07, 6.45) is 1.87. The molecule has 23 heavy (non-hydrogen) atoms. The van der Waals surface area contributed by atoms with Crippen LogP contribution in [0.15, 0.2) is 40.9 Å². The first-order chi connectivity index (χ1) is 11.1. The zero-order valence-electron chi connectivity index (χ0n) is 14.1. The first-order valence-corrected chi connectivity index (χ1v) is 8.07. The Kier molecular flexibility index (Phi) is 6.35. The molecule has 0 aliphatic heterocycles. The van der Waals surface area contributed by atoms with Crippen molar-refractivity contribution in [2.24, 2.45) is 0 Å². The molecular formula is C18H25N3O2. The Hall–Kier alpha value is -2.14. The zero-order chi connectivity index (χ0) is 16.7. The molecule has 0 bridgehead atoms. The van der Waals surface area contributed by atoms with E-state index in [0.717, 1.165) is 19.4 Å². The van der Waals surface area contributed by atoms with Crippen LogP contribution in [0.1, 0.15) is 42.1 Å². The van der Waals surface area contributed by atoms with Crippen LogP contribution in [0.5, 0.6) is 0 Å². The molecule has 2 rings (SSSR count). The lowest BCUT2D eigenvalue weighted by atomic mass is 10.1. The fraction of sp³-hybridized carbons (Fsp3) is 0.444. The van der Waals surface area contributed by atoms with Gasteiger partial charge in [0.05, 0.1) is 6.54 Å². The van der Waals surface area contributed by atoms with Gasteiger partial charge in [-0.25, -0.2) is 0 Å². The summed E-state index contributed by atoms with van der Waals surface area (Å²) < 4.78 is 5.27. The second-order valence-electron chi connectivity index (χ2n) is 5.93. The molecule has 0 fully saturated rings. The van der Waals surface area contributed by atoms with E-state index in [0.29, 0.717) is 18.0 Å². The monoisotopic (exact) mass is 315 g/mol. The van der Waals surface area contributed by atoms with Gasteiger partial charge in [-0.05, 0) is 32.4 Å². The number of aromatic nitrogens is 1. The van der Waals surface area contributed by atoms with Crippen molar-refractivity contribution in [1.29, 1.82) is 0 Å². The molecule has 1 atom stereocenters. The normalized spacial score (nSPS) is 12.3. The first-order valence-electron chi connectivity index (χ1n) is 8.07. The van der Waals surface area contributed by atoms with Crippen LogP contribution in [0.25, 0.3) is 0 Å². The van der Waals surface area contributed by atoms with E-state index in [2.05, 4.69) is 27.5 Å². The standard InChI is InChI=1S/C18H25N3O2/c1-4-14(2)19-18(22)17-12-16(23-20-17)13-21(3)11-10-15-8-6-5-7-9-15/h5-9,12,14H,4,10-11,13H2,1-3H3,(H,19,22)/t14-/m0/s1. The Balaban J connectivity index is 1.82. The number of carbonyl (C=O) groups excluding carboxylic acids is 1. The minimum Gasteiger partial charge on any atom is -0.359 e. The number of amides is 1. The minimum atomic E-state index is -0.179. The molecule has 0 aliphatic rings. The minimum absolute atomic E-state index is 0.135. The molecule has 1 aromatic carbocycles. The van der Waals surface area contributed by atoms with Crippen LogP contribution in [0.2, 0.25) is 0 Å². The van der Waals surface area contributed by atoms with Crippen molar-refractivity contribution in [1.82, 2.24) is 15.4 Å². The van der Waals surface area contributed by atoms with Crippen molar-refractivity contribution in [2.45, 2.75) is 39.3 Å². The summed E-state index contributed by atoms with van der Waals surface area (Å²) in [6.45, 7) is 5.55. The third-order valence-electron chi connectivity index (χ3n) is 3.83. The summed E-state index contributed by atoms with van der Waals surface area (Å²) in [4.78, 5) is 14.1. The Morgan fingerprint density at radius 3 is 2.78 bits per heavy atom. The number of likely N-dealkylation sites (N-methyl/N-ethyl adjacent to an activating group) is 1. The zero-order valence-corrected chi connectivity index (χ0v) is 14.1. The molecule has 124 valence electrons. The predicted octanol–water partition coefficient (Wildman–Crippen LogP) is 2.88. The van der Waals surface area contributed by atoms with Crippen LogP contribution in [-0.2, 0) is 13.0 Å². The maximum atomic E-state index is 12.0. The van der Waals surface area contributed by atoms with Gasteiger partial charge in [-0.1, -0.05) is 42.4 Å². The van der Waals surface area contributed by atoms with Gasteiger partial charge in [0.2, 0.25) is 0 Å². The Morgan fingerprint density at radius 2 is 2.09 bits per heavy atom. The van der Waals surface area contributed by atoms with Crippen LogP contribution in [-0.4, -0.2) is 35.6 Å². The van der Waals surface area contributed by atoms with E-state index in [9.17, 15) is 4.79 Å². The van der Waals surface area contributed by atoms with Crippen molar-refractivity contribution in [3.63, 3.8) is 0 Å². The topological polar surface area (TPSA) is 58.4 Å². The van der Waals surface area contributed by atoms with Crippen molar-refractivity contribution < 1.29 is 9.32 Å². The average molecular weight is 315 g/mol. The summed E-state index contributed by atoms with van der Waals surface area (Å²) in [5, 5.41) is 6.75. The van der Waals surface area contributed by atoms with Gasteiger partial charge in [-0.2, -0.15) is 0 Å². The summed E-state index contributed by atoms with van der Waals surface area (Å²) in [5.74, 6) is 0.524. The maximum Gasteiger partial charge on any atom is 0.273 e. The van der Waals surface area contributed by atoms with E-state index in [4.69, 9.17) is 4.52 Å². The largest absolute Gasteiger partial charge is 0.359 e. The quantitative estimate of drug-likeness (QED) is 0.814. The molecule has 0 saturated heterocycles. The average Bonchev–Trinajstić information content (AvgIpc) is 3.02. The molecule has 5 heteroatoms. The number of nitrogens with one attached hydrogen (secondary N) is 1. The van der Waals surface area contributed by atoms with E-state index in [-0.39, 0.29) is 11.9 Å². The number of carbonyl (C=O) groups is 1. The Morgan fingerprint density at radius 1 is 1.35 bits per heavy atom. The number of nitrogens with zero attached hydrogens (tertiary/aromatic N) is 2. The second-order valence-corrected chi connectivity index (χ2v) is 5.93. The summed E-state index contributed by atoms with van der Waals surface area (Å²) in [6, 6.07) is 12.2. The van der Waals surface area contributed by atoms with Gasteiger partial charge in [0.1, 0.15) is 0 Å². The SMILES string of the molecule is CC[C@H](C)NC(=O)c1cc(CN(C)CCc2ccccc2)on1. The van der Waals surface area contributed by atoms with Crippen molar-refractivity contribution in [3.8, 4) is 0 Å². The second kappa shape index (κ2) is 8.48. The molecular weight excluding hydrogens is 290 g/mol. The van der Waals surface area contributed by atoms with Crippen molar-refractivity contribution >= 4 is 5.91 Å². The molecule has 0 spiro atoms. The fourth-order valence-electron chi connectivity index (χ4n) is 2.20. The van der Waals surface area contributed by atoms with Gasteiger partial charge in [0, 0.05) is 18.7 Å². The molecule has 1 N–H and O–H groups in total. The van der Waals surface area contributed by atoms with E-state index < -0.39 is 0 Å². The van der Waals surface area contributed by atoms with E-state index in [1.165, 1.54) is 5.56 Å². The first kappa shape index (κ1) is 17.2. The molecule has 1 aromatic heterocycles. The number of benzene rings is 1. The van der Waals surface area contributed by atoms with E-state index in [1.807, 2.05) is 39.1 Å². The van der Waals surface area contributed by atoms with Crippen LogP contribution in [0.3, 0.4) is 0 Å². The predicted molar refractivity (Wildman–Crippen MR) is 90.2 cm³/mol. The van der Waals surface area contributed by atoms with Gasteiger partial charge in [0.25, 0.3) is 5.91 Å². The smallest absolute Gasteiger partial charge is 0.273 e. The number of hydrogen-bond acceptors (Lipinski definition) is 4. The molecule has 0 aliphatic carbocycles. The third-order valence-corrected chi connectivity index (χ3v) is 3.83. The Labute approximate surface area is 137 Å². The summed E-state index contributed by atoms with van der Waals surface area (Å²) in [5.41, 5.74) is 1.65. The maximum absolute atomic E-state index is 12.0. The van der Waals surface area contributed by atoms with Crippen LogP contribution in [0, 0.1) is 0 Å². The van der Waals surface area contributed by atoms with Gasteiger partial charge in [0.15, 0.2) is 11.5 Å². The lowest BCUT2D eigenvalue weighted by molar-refractivity contribution is 0.0930. The van der Waals surface area contributed by atoms with E-state index in [1.54, 1.807) is 6.07 Å². The number of rotatable bonds is 8. The van der Waals surface area contributed by atoms with Crippen LogP contribution >= 0.6 is 0 Å². The molecule has 1 heterocycles. The van der Waals surface area contributed by atoms with Gasteiger partial charge >= 0.3 is 0 Å². The lowest BCUT2D eigenvalue weighted by Crippen LogP contribution is -2.32. The van der Waals surface area contributed by atoms with Gasteiger partial charge < -0.3 is 9.84 Å². The van der Waals surface area contributed by atoms with Crippen LogP contribution < -0.4 is 5.32 Å². The molecule has 0 saturated carbocycles. The van der Waals surface area contributed by atoms with Crippen molar-refractivity contribution in [2.75, 3.05) is 13.6 Å². The third kappa shape index (κ3) is 5.53. The number of hydrogen-bond donors (Lipinski definition) is 1. The summed E-state index contributed by atoms with van der Waals surface area (Å²) >= 11 is 0. The highest BCUT2D eigenvalue weighted by atomic mass is 16.5. The van der Waals surface area contributed by atoms with Crippen molar-refractivity contribution in [3.05, 3.63) is 53.4 Å². The highest BCUT2D eigenvalue weighted by Gasteiger charge is 2.15. The van der Waals surface area contributed by atoms with Gasteiger partial charge in [-0.15, -0.1) is 0 Å². The molecule has 0 unspecified atom stereocenters.